The highest BCUT2D eigenvalue weighted by Gasteiger charge is 2.28. The van der Waals surface area contributed by atoms with Gasteiger partial charge in [0.25, 0.3) is 5.91 Å². The molecule has 1 fully saturated rings. The Kier molecular flexibility index (Phi) is 5.53. The Hall–Kier alpha value is -2.87. The number of hydrogen-bond donors (Lipinski definition) is 0. The van der Waals surface area contributed by atoms with Gasteiger partial charge >= 0.3 is 0 Å². The molecule has 2 aromatic heterocycles. The van der Waals surface area contributed by atoms with Gasteiger partial charge in [-0.05, 0) is 38.1 Å². The monoisotopic (exact) mass is 415 g/mol. The average molecular weight is 416 g/mol. The van der Waals surface area contributed by atoms with Crippen molar-refractivity contribution >= 4 is 17.5 Å². The molecule has 1 saturated heterocycles. The van der Waals surface area contributed by atoms with E-state index in [1.165, 1.54) is 0 Å². The summed E-state index contributed by atoms with van der Waals surface area (Å²) in [6, 6.07) is 9.17. The molecule has 3 aromatic rings. The Morgan fingerprint density at radius 2 is 1.97 bits per heavy atom. The molecule has 9 heteroatoms. The molecule has 3 heterocycles. The number of aromatic nitrogens is 4. The largest absolute Gasteiger partial charge is 0.490 e. The molecular weight excluding hydrogens is 394 g/mol. The molecule has 0 spiro atoms. The maximum Gasteiger partial charge on any atom is 0.276 e. The van der Waals surface area contributed by atoms with Crippen LogP contribution in [-0.2, 0) is 6.54 Å². The van der Waals surface area contributed by atoms with E-state index in [4.69, 9.17) is 20.9 Å². The summed E-state index contributed by atoms with van der Waals surface area (Å²) in [5.41, 5.74) is 1.84. The van der Waals surface area contributed by atoms with Crippen molar-refractivity contribution in [3.05, 3.63) is 58.2 Å². The van der Waals surface area contributed by atoms with Crippen molar-refractivity contribution in [2.24, 2.45) is 0 Å². The number of amides is 1. The number of carbonyl (C=O) groups excluding carboxylic acids is 1. The Labute approximate surface area is 173 Å². The first-order valence-electron chi connectivity index (χ1n) is 9.53. The molecule has 0 unspecified atom stereocenters. The smallest absolute Gasteiger partial charge is 0.276 e. The number of likely N-dealkylation sites (tertiary alicyclic amines) is 1. The number of benzene rings is 1. The fourth-order valence-electron chi connectivity index (χ4n) is 3.39. The molecule has 0 aliphatic carbocycles. The van der Waals surface area contributed by atoms with Crippen LogP contribution < -0.4 is 4.74 Å². The lowest BCUT2D eigenvalue weighted by Gasteiger charge is -2.31. The van der Waals surface area contributed by atoms with Crippen LogP contribution >= 0.6 is 11.6 Å². The lowest BCUT2D eigenvalue weighted by atomic mass is 10.1. The molecule has 1 aromatic carbocycles. The SMILES string of the molecule is Cc1cc(Cn2nnc(C(=O)N3CCC(Oc4ccc(Cl)cc4)CC3)c2C)no1. The molecule has 29 heavy (non-hydrogen) atoms. The summed E-state index contributed by atoms with van der Waals surface area (Å²) in [7, 11) is 0. The summed E-state index contributed by atoms with van der Waals surface area (Å²) < 4.78 is 12.7. The van der Waals surface area contributed by atoms with Crippen molar-refractivity contribution < 1.29 is 14.1 Å². The van der Waals surface area contributed by atoms with Gasteiger partial charge in [0.15, 0.2) is 5.69 Å². The molecule has 1 aliphatic heterocycles. The highest BCUT2D eigenvalue weighted by molar-refractivity contribution is 6.30. The van der Waals surface area contributed by atoms with E-state index in [1.807, 2.05) is 49.1 Å². The van der Waals surface area contributed by atoms with E-state index in [9.17, 15) is 4.79 Å². The van der Waals surface area contributed by atoms with Crippen LogP contribution in [0, 0.1) is 13.8 Å². The molecule has 0 N–H and O–H groups in total. The van der Waals surface area contributed by atoms with Gasteiger partial charge in [0.2, 0.25) is 0 Å². The van der Waals surface area contributed by atoms with E-state index >= 15 is 0 Å². The van der Waals surface area contributed by atoms with Crippen LogP contribution in [0.25, 0.3) is 0 Å². The Balaban J connectivity index is 1.35. The van der Waals surface area contributed by atoms with Crippen LogP contribution in [0.3, 0.4) is 0 Å². The highest BCUT2D eigenvalue weighted by atomic mass is 35.5. The summed E-state index contributed by atoms with van der Waals surface area (Å²) in [6.45, 7) is 5.33. The van der Waals surface area contributed by atoms with Gasteiger partial charge in [-0.2, -0.15) is 0 Å². The minimum absolute atomic E-state index is 0.0763. The number of halogens is 1. The molecule has 4 rings (SSSR count). The van der Waals surface area contributed by atoms with Crippen molar-refractivity contribution in [3.8, 4) is 5.75 Å². The van der Waals surface area contributed by atoms with Gasteiger partial charge in [0.05, 0.1) is 12.2 Å². The summed E-state index contributed by atoms with van der Waals surface area (Å²) >= 11 is 5.91. The van der Waals surface area contributed by atoms with Crippen molar-refractivity contribution in [2.45, 2.75) is 39.3 Å². The molecule has 0 radical (unpaired) electrons. The number of piperidine rings is 1. The van der Waals surface area contributed by atoms with Crippen molar-refractivity contribution in [1.82, 2.24) is 25.1 Å². The quantitative estimate of drug-likeness (QED) is 0.635. The fraction of sp³-hybridized carbons (Fsp3) is 0.400. The molecule has 152 valence electrons. The zero-order valence-corrected chi connectivity index (χ0v) is 17.1. The predicted molar refractivity (Wildman–Crippen MR) is 106 cm³/mol. The van der Waals surface area contributed by atoms with Crippen LogP contribution in [0.4, 0.5) is 0 Å². The topological polar surface area (TPSA) is 86.3 Å². The molecule has 1 aliphatic rings. The predicted octanol–water partition coefficient (Wildman–Crippen LogP) is 3.27. The molecule has 0 saturated carbocycles. The summed E-state index contributed by atoms with van der Waals surface area (Å²) in [5, 5.41) is 12.9. The van der Waals surface area contributed by atoms with Crippen LogP contribution in [0.1, 0.15) is 40.5 Å². The Morgan fingerprint density at radius 1 is 1.24 bits per heavy atom. The van der Waals surface area contributed by atoms with E-state index in [0.717, 1.165) is 35.7 Å². The number of ether oxygens (including phenoxy) is 1. The molecular formula is C20H22ClN5O3. The zero-order chi connectivity index (χ0) is 20.4. The molecule has 0 bridgehead atoms. The maximum absolute atomic E-state index is 12.9. The van der Waals surface area contributed by atoms with E-state index in [2.05, 4.69) is 15.5 Å². The number of nitrogens with zero attached hydrogens (tertiary/aromatic N) is 5. The van der Waals surface area contributed by atoms with Crippen molar-refractivity contribution in [3.63, 3.8) is 0 Å². The fourth-order valence-corrected chi connectivity index (χ4v) is 3.51. The van der Waals surface area contributed by atoms with Gasteiger partial charge in [-0.25, -0.2) is 4.68 Å². The minimum atomic E-state index is -0.102. The minimum Gasteiger partial charge on any atom is -0.490 e. The van der Waals surface area contributed by atoms with Gasteiger partial charge < -0.3 is 14.2 Å². The number of aryl methyl sites for hydroxylation is 1. The van der Waals surface area contributed by atoms with Gasteiger partial charge in [0, 0.05) is 37.0 Å². The average Bonchev–Trinajstić information content (AvgIpc) is 3.29. The third-order valence-electron chi connectivity index (χ3n) is 5.02. The van der Waals surface area contributed by atoms with Gasteiger partial charge in [-0.15, -0.1) is 5.10 Å². The first-order valence-corrected chi connectivity index (χ1v) is 9.91. The standard InChI is InChI=1S/C20H22ClN5O3/c1-13-11-16(23-29-13)12-26-14(2)19(22-24-26)20(27)25-9-7-18(8-10-25)28-17-5-3-15(21)4-6-17/h3-6,11,18H,7-10,12H2,1-2H3. The van der Waals surface area contributed by atoms with Crippen LogP contribution in [0.5, 0.6) is 5.75 Å². The molecule has 0 atom stereocenters. The number of rotatable bonds is 5. The van der Waals surface area contributed by atoms with Gasteiger partial charge in [0.1, 0.15) is 23.3 Å². The number of carbonyl (C=O) groups is 1. The normalized spacial score (nSPS) is 14.9. The maximum atomic E-state index is 12.9. The van der Waals surface area contributed by atoms with E-state index < -0.39 is 0 Å². The van der Waals surface area contributed by atoms with E-state index in [0.29, 0.717) is 30.4 Å². The van der Waals surface area contributed by atoms with Crippen LogP contribution in [0.15, 0.2) is 34.9 Å². The lowest BCUT2D eigenvalue weighted by Crippen LogP contribution is -2.42. The second-order valence-electron chi connectivity index (χ2n) is 7.17. The van der Waals surface area contributed by atoms with Crippen LogP contribution in [0.2, 0.25) is 5.02 Å². The van der Waals surface area contributed by atoms with Gasteiger partial charge in [-0.1, -0.05) is 22.0 Å². The first-order chi connectivity index (χ1) is 14.0. The summed E-state index contributed by atoms with van der Waals surface area (Å²) in [4.78, 5) is 14.7. The third-order valence-corrected chi connectivity index (χ3v) is 5.27. The third kappa shape index (κ3) is 4.42. The van der Waals surface area contributed by atoms with Crippen molar-refractivity contribution in [1.29, 1.82) is 0 Å². The second-order valence-corrected chi connectivity index (χ2v) is 7.61. The Bertz CT molecular complexity index is 990. The molecule has 1 amide bonds. The first kappa shape index (κ1) is 19.4. The summed E-state index contributed by atoms with van der Waals surface area (Å²) in [5.74, 6) is 1.42. The summed E-state index contributed by atoms with van der Waals surface area (Å²) in [6.07, 6.45) is 1.60. The zero-order valence-electron chi connectivity index (χ0n) is 16.3. The number of hydrogen-bond acceptors (Lipinski definition) is 6. The molecule has 8 nitrogen and oxygen atoms in total. The van der Waals surface area contributed by atoms with Crippen molar-refractivity contribution in [2.75, 3.05) is 13.1 Å². The van der Waals surface area contributed by atoms with E-state index in [-0.39, 0.29) is 12.0 Å². The highest BCUT2D eigenvalue weighted by Crippen LogP contribution is 2.22. The van der Waals surface area contributed by atoms with Gasteiger partial charge in [-0.3, -0.25) is 4.79 Å². The lowest BCUT2D eigenvalue weighted by molar-refractivity contribution is 0.0589. The van der Waals surface area contributed by atoms with Crippen LogP contribution in [-0.4, -0.2) is 50.2 Å². The Morgan fingerprint density at radius 3 is 2.62 bits per heavy atom. The van der Waals surface area contributed by atoms with E-state index in [1.54, 1.807) is 4.68 Å². The second kappa shape index (κ2) is 8.24.